The van der Waals surface area contributed by atoms with Crippen molar-refractivity contribution in [2.75, 3.05) is 5.73 Å². The van der Waals surface area contributed by atoms with Crippen molar-refractivity contribution in [3.63, 3.8) is 0 Å². The first kappa shape index (κ1) is 11.8. The summed E-state index contributed by atoms with van der Waals surface area (Å²) in [4.78, 5) is 7.20. The van der Waals surface area contributed by atoms with Gasteiger partial charge in [-0.2, -0.15) is 4.98 Å². The molecule has 0 saturated heterocycles. The van der Waals surface area contributed by atoms with Crippen LogP contribution in [0.3, 0.4) is 0 Å². The van der Waals surface area contributed by atoms with Gasteiger partial charge >= 0.3 is 0 Å². The third-order valence-electron chi connectivity index (χ3n) is 2.59. The first-order valence-electron chi connectivity index (χ1n) is 5.50. The topological polar surface area (TPSA) is 63.9 Å². The number of imidazole rings is 1. The van der Waals surface area contributed by atoms with Gasteiger partial charge in [0, 0.05) is 11.8 Å². The van der Waals surface area contributed by atoms with E-state index in [-0.39, 0.29) is 5.02 Å². The van der Waals surface area contributed by atoms with Crippen LogP contribution in [0, 0.1) is 5.82 Å². The Hall–Kier alpha value is -2.27. The molecule has 3 rings (SSSR count). The van der Waals surface area contributed by atoms with Gasteiger partial charge in [0.05, 0.1) is 16.1 Å². The average molecular weight is 278 g/mol. The van der Waals surface area contributed by atoms with Crippen LogP contribution < -0.4 is 10.5 Å². The largest absolute Gasteiger partial charge is 0.426 e. The van der Waals surface area contributed by atoms with E-state index in [1.165, 1.54) is 18.2 Å². The minimum atomic E-state index is -0.494. The van der Waals surface area contributed by atoms with Crippen LogP contribution in [0.2, 0.25) is 5.02 Å². The zero-order valence-electron chi connectivity index (χ0n) is 9.65. The molecule has 0 amide bonds. The Morgan fingerprint density at radius 2 is 2.05 bits per heavy atom. The number of nitrogens with one attached hydrogen (secondary N) is 1. The van der Waals surface area contributed by atoms with Gasteiger partial charge in [-0.05, 0) is 30.3 Å². The number of rotatable bonds is 2. The average Bonchev–Trinajstić information content (AvgIpc) is 2.75. The second-order valence-corrected chi connectivity index (χ2v) is 4.40. The van der Waals surface area contributed by atoms with E-state index in [4.69, 9.17) is 22.1 Å². The predicted octanol–water partition coefficient (Wildman–Crippen LogP) is 3.73. The lowest BCUT2D eigenvalue weighted by Crippen LogP contribution is -1.87. The predicted molar refractivity (Wildman–Crippen MR) is 72.0 cm³/mol. The zero-order chi connectivity index (χ0) is 13.4. The first-order valence-corrected chi connectivity index (χ1v) is 5.88. The van der Waals surface area contributed by atoms with Gasteiger partial charge in [-0.15, -0.1) is 0 Å². The molecule has 0 fully saturated rings. The summed E-state index contributed by atoms with van der Waals surface area (Å²) in [6, 6.07) is 9.68. The highest BCUT2D eigenvalue weighted by Crippen LogP contribution is 2.26. The quantitative estimate of drug-likeness (QED) is 0.702. The Balaban J connectivity index is 1.94. The van der Waals surface area contributed by atoms with Crippen molar-refractivity contribution >= 4 is 28.3 Å². The Morgan fingerprint density at radius 1 is 1.21 bits per heavy atom. The van der Waals surface area contributed by atoms with Gasteiger partial charge in [0.1, 0.15) is 11.6 Å². The van der Waals surface area contributed by atoms with Gasteiger partial charge in [0.2, 0.25) is 0 Å². The molecule has 0 unspecified atom stereocenters. The lowest BCUT2D eigenvalue weighted by molar-refractivity contribution is 0.448. The number of fused-ring (bicyclic) bond motifs is 1. The number of hydrogen-bond acceptors (Lipinski definition) is 3. The number of nitrogens with two attached hydrogens (primary N) is 1. The Labute approximate surface area is 113 Å². The maximum Gasteiger partial charge on any atom is 0.300 e. The van der Waals surface area contributed by atoms with Crippen molar-refractivity contribution in [1.29, 1.82) is 0 Å². The van der Waals surface area contributed by atoms with E-state index >= 15 is 0 Å². The fourth-order valence-electron chi connectivity index (χ4n) is 1.70. The molecule has 0 aliphatic rings. The van der Waals surface area contributed by atoms with Gasteiger partial charge < -0.3 is 15.5 Å². The van der Waals surface area contributed by atoms with E-state index < -0.39 is 5.82 Å². The third-order valence-corrected chi connectivity index (χ3v) is 2.88. The minimum Gasteiger partial charge on any atom is -0.426 e. The molecule has 19 heavy (non-hydrogen) atoms. The number of nitrogens with zero attached hydrogens (tertiary/aromatic N) is 1. The highest BCUT2D eigenvalue weighted by molar-refractivity contribution is 6.30. The first-order chi connectivity index (χ1) is 9.11. The van der Waals surface area contributed by atoms with Gasteiger partial charge in [0.15, 0.2) is 0 Å². The Kier molecular flexibility index (Phi) is 2.76. The monoisotopic (exact) mass is 277 g/mol. The highest BCUT2D eigenvalue weighted by Gasteiger charge is 2.07. The molecule has 0 radical (unpaired) electrons. The fourth-order valence-corrected chi connectivity index (χ4v) is 1.87. The lowest BCUT2D eigenvalue weighted by atomic mass is 10.3. The minimum absolute atomic E-state index is 0.00199. The number of aromatic nitrogens is 2. The summed E-state index contributed by atoms with van der Waals surface area (Å²) in [6.45, 7) is 0. The Morgan fingerprint density at radius 3 is 2.84 bits per heavy atom. The van der Waals surface area contributed by atoms with Crippen LogP contribution in [0.4, 0.5) is 10.1 Å². The van der Waals surface area contributed by atoms with Crippen molar-refractivity contribution in [2.24, 2.45) is 0 Å². The lowest BCUT2D eigenvalue weighted by Gasteiger charge is -2.02. The van der Waals surface area contributed by atoms with Gasteiger partial charge in [-0.1, -0.05) is 11.6 Å². The highest BCUT2D eigenvalue weighted by atomic mass is 35.5. The fraction of sp³-hybridized carbons (Fsp3) is 0. The molecule has 3 N–H and O–H groups in total. The maximum absolute atomic E-state index is 13.0. The molecular formula is C13H9ClFN3O. The molecular weight excluding hydrogens is 269 g/mol. The van der Waals surface area contributed by atoms with Crippen LogP contribution in [0.1, 0.15) is 0 Å². The smallest absolute Gasteiger partial charge is 0.300 e. The summed E-state index contributed by atoms with van der Waals surface area (Å²) in [5.74, 6) is -0.0928. The van der Waals surface area contributed by atoms with E-state index in [0.717, 1.165) is 11.0 Å². The number of H-pyrrole nitrogens is 1. The standard InChI is InChI=1S/C13H9ClFN3O/c14-9-6-8(2-3-10(9)15)19-13-17-11-4-1-7(16)5-12(11)18-13/h1-6H,16H2,(H,17,18). The normalized spacial score (nSPS) is 10.8. The third kappa shape index (κ3) is 2.32. The van der Waals surface area contributed by atoms with Crippen LogP contribution in [0.25, 0.3) is 11.0 Å². The number of halogens is 2. The van der Waals surface area contributed by atoms with Gasteiger partial charge in [-0.25, -0.2) is 4.39 Å². The number of anilines is 1. The van der Waals surface area contributed by atoms with Crippen LogP contribution >= 0.6 is 11.6 Å². The van der Waals surface area contributed by atoms with Crippen molar-refractivity contribution in [3.8, 4) is 11.8 Å². The molecule has 1 aromatic heterocycles. The van der Waals surface area contributed by atoms with E-state index in [0.29, 0.717) is 17.4 Å². The molecule has 0 saturated carbocycles. The van der Waals surface area contributed by atoms with E-state index in [9.17, 15) is 4.39 Å². The van der Waals surface area contributed by atoms with Crippen LogP contribution in [0.5, 0.6) is 11.8 Å². The number of benzene rings is 2. The summed E-state index contributed by atoms with van der Waals surface area (Å²) in [7, 11) is 0. The van der Waals surface area contributed by atoms with Crippen molar-refractivity contribution in [1.82, 2.24) is 9.97 Å². The Bertz CT molecular complexity index is 757. The molecule has 4 nitrogen and oxygen atoms in total. The second-order valence-electron chi connectivity index (χ2n) is 4.00. The molecule has 1 heterocycles. The molecule has 0 spiro atoms. The summed E-state index contributed by atoms with van der Waals surface area (Å²) >= 11 is 5.68. The van der Waals surface area contributed by atoms with E-state index in [1.54, 1.807) is 18.2 Å². The molecule has 0 bridgehead atoms. The van der Waals surface area contributed by atoms with E-state index in [1.807, 2.05) is 0 Å². The summed E-state index contributed by atoms with van der Waals surface area (Å²) in [5.41, 5.74) is 7.81. The zero-order valence-corrected chi connectivity index (χ0v) is 10.4. The second kappa shape index (κ2) is 4.44. The molecule has 0 aliphatic carbocycles. The van der Waals surface area contributed by atoms with Gasteiger partial charge in [-0.3, -0.25) is 0 Å². The maximum atomic E-state index is 13.0. The molecule has 0 aliphatic heterocycles. The number of aromatic amines is 1. The SMILES string of the molecule is Nc1ccc2nc(Oc3ccc(F)c(Cl)c3)[nH]c2c1. The summed E-state index contributed by atoms with van der Waals surface area (Å²) < 4.78 is 18.5. The molecule has 6 heteroatoms. The van der Waals surface area contributed by atoms with Crippen molar-refractivity contribution < 1.29 is 9.13 Å². The summed E-state index contributed by atoms with van der Waals surface area (Å²) in [5, 5.41) is -0.00199. The van der Waals surface area contributed by atoms with E-state index in [2.05, 4.69) is 9.97 Å². The number of ether oxygens (including phenoxy) is 1. The number of nitrogen functional groups attached to an aromatic ring is 1. The molecule has 2 aromatic carbocycles. The van der Waals surface area contributed by atoms with Crippen molar-refractivity contribution in [3.05, 3.63) is 47.2 Å². The van der Waals surface area contributed by atoms with Crippen LogP contribution in [0.15, 0.2) is 36.4 Å². The van der Waals surface area contributed by atoms with Crippen LogP contribution in [-0.4, -0.2) is 9.97 Å². The molecule has 96 valence electrons. The van der Waals surface area contributed by atoms with Crippen LogP contribution in [-0.2, 0) is 0 Å². The van der Waals surface area contributed by atoms with Gasteiger partial charge in [0.25, 0.3) is 6.01 Å². The number of hydrogen-bond donors (Lipinski definition) is 2. The molecule has 0 atom stereocenters. The summed E-state index contributed by atoms with van der Waals surface area (Å²) in [6.07, 6.45) is 0. The molecule has 3 aromatic rings. The van der Waals surface area contributed by atoms with Crippen molar-refractivity contribution in [2.45, 2.75) is 0 Å².